The van der Waals surface area contributed by atoms with Gasteiger partial charge >= 0.3 is 0 Å². The van der Waals surface area contributed by atoms with Gasteiger partial charge in [0.2, 0.25) is 0 Å². The monoisotopic (exact) mass is 481 g/mol. The molecule has 0 atom stereocenters. The molecule has 0 bridgehead atoms. The maximum absolute atomic E-state index is 13.1. The van der Waals surface area contributed by atoms with Crippen LogP contribution in [0.2, 0.25) is 5.02 Å². The van der Waals surface area contributed by atoms with Gasteiger partial charge in [-0.1, -0.05) is 84.4 Å². The van der Waals surface area contributed by atoms with Crippen LogP contribution < -0.4 is 10.7 Å². The topological polar surface area (TPSA) is 70.6 Å². The second-order valence-electron chi connectivity index (χ2n) is 7.97. The predicted molar refractivity (Wildman–Crippen MR) is 141 cm³/mol. The molecule has 6 heteroatoms. The average molecular weight is 482 g/mol. The zero-order valence-corrected chi connectivity index (χ0v) is 19.9. The molecule has 0 saturated heterocycles. The molecule has 2 N–H and O–H groups in total. The Kier molecular flexibility index (Phi) is 7.70. The van der Waals surface area contributed by atoms with Gasteiger partial charge in [-0.05, 0) is 60.0 Å². The molecule has 0 unspecified atom stereocenters. The number of carbonyl (C=O) groups excluding carboxylic acids is 2. The number of amides is 2. The molecule has 4 rings (SSSR count). The smallest absolute Gasteiger partial charge is 0.255 e. The highest BCUT2D eigenvalue weighted by atomic mass is 35.5. The van der Waals surface area contributed by atoms with E-state index < -0.39 is 5.92 Å². The quantitative estimate of drug-likeness (QED) is 0.241. The van der Waals surface area contributed by atoms with Crippen molar-refractivity contribution in [1.82, 2.24) is 5.43 Å². The molecule has 0 spiro atoms. The first-order valence-electron chi connectivity index (χ1n) is 11.1. The molecule has 4 aromatic rings. The summed E-state index contributed by atoms with van der Waals surface area (Å²) in [5, 5.41) is 7.76. The van der Waals surface area contributed by atoms with Crippen LogP contribution >= 0.6 is 11.6 Å². The van der Waals surface area contributed by atoms with Crippen LogP contribution in [0.1, 0.15) is 39.9 Å². The summed E-state index contributed by atoms with van der Waals surface area (Å²) in [6.07, 6.45) is 0. The van der Waals surface area contributed by atoms with E-state index in [0.717, 1.165) is 16.7 Å². The van der Waals surface area contributed by atoms with E-state index in [-0.39, 0.29) is 11.8 Å². The van der Waals surface area contributed by atoms with Gasteiger partial charge in [0.25, 0.3) is 11.8 Å². The van der Waals surface area contributed by atoms with Gasteiger partial charge in [-0.2, -0.15) is 5.10 Å². The molecule has 2 amide bonds. The van der Waals surface area contributed by atoms with Crippen LogP contribution in [0.25, 0.3) is 0 Å². The van der Waals surface area contributed by atoms with Crippen LogP contribution in [-0.2, 0) is 4.79 Å². The van der Waals surface area contributed by atoms with Gasteiger partial charge in [-0.3, -0.25) is 9.59 Å². The Morgan fingerprint density at radius 1 is 0.714 bits per heavy atom. The molecule has 5 nitrogen and oxygen atoms in total. The molecule has 0 aliphatic rings. The Morgan fingerprint density at radius 3 is 1.77 bits per heavy atom. The SMILES string of the molecule is C/C(=N\NC(=O)C(c1ccccc1)c1ccccc1)c1ccc(NC(=O)c2ccc(Cl)cc2)cc1. The summed E-state index contributed by atoms with van der Waals surface area (Å²) in [5.41, 5.74) is 7.15. The summed E-state index contributed by atoms with van der Waals surface area (Å²) >= 11 is 5.88. The van der Waals surface area contributed by atoms with E-state index in [1.54, 1.807) is 36.4 Å². The van der Waals surface area contributed by atoms with Crippen LogP contribution in [0, 0.1) is 0 Å². The van der Waals surface area contributed by atoms with E-state index in [4.69, 9.17) is 11.6 Å². The molecule has 174 valence electrons. The maximum Gasteiger partial charge on any atom is 0.255 e. The zero-order chi connectivity index (χ0) is 24.6. The zero-order valence-electron chi connectivity index (χ0n) is 19.1. The molecular weight excluding hydrogens is 458 g/mol. The molecular formula is C29H24ClN3O2. The molecule has 0 aliphatic heterocycles. The van der Waals surface area contributed by atoms with Crippen LogP contribution in [0.15, 0.2) is 114 Å². The number of nitrogens with one attached hydrogen (secondary N) is 2. The highest BCUT2D eigenvalue weighted by Gasteiger charge is 2.22. The lowest BCUT2D eigenvalue weighted by Gasteiger charge is -2.16. The van der Waals surface area contributed by atoms with Crippen LogP contribution in [0.4, 0.5) is 5.69 Å². The predicted octanol–water partition coefficient (Wildman–Crippen LogP) is 6.26. The standard InChI is InChI=1S/C29H24ClN3O2/c1-20(21-14-18-26(19-15-21)31-28(34)24-12-16-25(30)17-13-24)32-33-29(35)27(22-8-4-2-5-9-22)23-10-6-3-7-11-23/h2-19,27H,1H3,(H,31,34)(H,33,35)/b32-20+. The third kappa shape index (κ3) is 6.22. The van der Waals surface area contributed by atoms with Crippen LogP contribution in [0.3, 0.4) is 0 Å². The van der Waals surface area contributed by atoms with E-state index in [1.807, 2.05) is 79.7 Å². The number of halogens is 1. The highest BCUT2D eigenvalue weighted by Crippen LogP contribution is 2.24. The van der Waals surface area contributed by atoms with Crippen molar-refractivity contribution in [1.29, 1.82) is 0 Å². The van der Waals surface area contributed by atoms with Crippen molar-refractivity contribution in [2.45, 2.75) is 12.8 Å². The molecule has 0 aromatic heterocycles. The fourth-order valence-corrected chi connectivity index (χ4v) is 3.78. The highest BCUT2D eigenvalue weighted by molar-refractivity contribution is 6.30. The van der Waals surface area contributed by atoms with Crippen molar-refractivity contribution in [3.8, 4) is 0 Å². The van der Waals surface area contributed by atoms with Crippen molar-refractivity contribution in [2.24, 2.45) is 5.10 Å². The third-order valence-electron chi connectivity index (χ3n) is 5.53. The molecule has 0 saturated carbocycles. The lowest BCUT2D eigenvalue weighted by molar-refractivity contribution is -0.121. The van der Waals surface area contributed by atoms with Crippen molar-refractivity contribution in [2.75, 3.05) is 5.32 Å². The summed E-state index contributed by atoms with van der Waals surface area (Å²) in [6.45, 7) is 1.82. The summed E-state index contributed by atoms with van der Waals surface area (Å²) in [7, 11) is 0. The Labute approximate surface area is 209 Å². The van der Waals surface area contributed by atoms with Crippen molar-refractivity contribution in [3.05, 3.63) is 136 Å². The first kappa shape index (κ1) is 23.9. The lowest BCUT2D eigenvalue weighted by atomic mass is 9.91. The number of hydrazone groups is 1. The second-order valence-corrected chi connectivity index (χ2v) is 8.40. The van der Waals surface area contributed by atoms with Gasteiger partial charge in [0.15, 0.2) is 0 Å². The molecule has 0 heterocycles. The van der Waals surface area contributed by atoms with E-state index in [9.17, 15) is 9.59 Å². The van der Waals surface area contributed by atoms with Gasteiger partial charge < -0.3 is 5.32 Å². The molecule has 0 aliphatic carbocycles. The van der Waals surface area contributed by atoms with Crippen molar-refractivity contribution < 1.29 is 9.59 Å². The fraction of sp³-hybridized carbons (Fsp3) is 0.0690. The van der Waals surface area contributed by atoms with Crippen LogP contribution in [-0.4, -0.2) is 17.5 Å². The minimum atomic E-state index is -0.473. The summed E-state index contributed by atoms with van der Waals surface area (Å²) in [6, 6.07) is 33.2. The molecule has 4 aromatic carbocycles. The molecule has 0 fully saturated rings. The van der Waals surface area contributed by atoms with E-state index in [0.29, 0.717) is 22.0 Å². The number of hydrogen-bond acceptors (Lipinski definition) is 3. The van der Waals surface area contributed by atoms with E-state index >= 15 is 0 Å². The minimum Gasteiger partial charge on any atom is -0.322 e. The number of benzene rings is 4. The Hall–Kier alpha value is -4.22. The van der Waals surface area contributed by atoms with E-state index in [1.165, 1.54) is 0 Å². The lowest BCUT2D eigenvalue weighted by Crippen LogP contribution is -2.27. The maximum atomic E-state index is 13.1. The third-order valence-corrected chi connectivity index (χ3v) is 5.78. The van der Waals surface area contributed by atoms with E-state index in [2.05, 4.69) is 15.8 Å². The summed E-state index contributed by atoms with van der Waals surface area (Å²) < 4.78 is 0. The van der Waals surface area contributed by atoms with Gasteiger partial charge in [-0.15, -0.1) is 0 Å². The largest absolute Gasteiger partial charge is 0.322 e. The van der Waals surface area contributed by atoms with Crippen molar-refractivity contribution in [3.63, 3.8) is 0 Å². The first-order chi connectivity index (χ1) is 17.0. The number of anilines is 1. The summed E-state index contributed by atoms with van der Waals surface area (Å²) in [5.74, 6) is -0.909. The van der Waals surface area contributed by atoms with Gasteiger partial charge in [0, 0.05) is 16.3 Å². The number of carbonyl (C=O) groups is 2. The van der Waals surface area contributed by atoms with Gasteiger partial charge in [0.05, 0.1) is 11.6 Å². The van der Waals surface area contributed by atoms with Gasteiger partial charge in [-0.25, -0.2) is 5.43 Å². The average Bonchev–Trinajstić information content (AvgIpc) is 2.89. The summed E-state index contributed by atoms with van der Waals surface area (Å²) in [4.78, 5) is 25.5. The number of rotatable bonds is 7. The number of nitrogens with zero attached hydrogens (tertiary/aromatic N) is 1. The normalized spacial score (nSPS) is 11.2. The Morgan fingerprint density at radius 2 is 1.23 bits per heavy atom. The van der Waals surface area contributed by atoms with Crippen LogP contribution in [0.5, 0.6) is 0 Å². The number of hydrogen-bond donors (Lipinski definition) is 2. The molecule has 35 heavy (non-hydrogen) atoms. The van der Waals surface area contributed by atoms with Crippen molar-refractivity contribution >= 4 is 34.8 Å². The Bertz CT molecular complexity index is 1280. The Balaban J connectivity index is 1.44. The first-order valence-corrected chi connectivity index (χ1v) is 11.5. The van der Waals surface area contributed by atoms with Gasteiger partial charge in [0.1, 0.15) is 0 Å². The minimum absolute atomic E-state index is 0.214. The second kappa shape index (κ2) is 11.3. The molecule has 0 radical (unpaired) electrons. The fourth-order valence-electron chi connectivity index (χ4n) is 3.65.